The van der Waals surface area contributed by atoms with Crippen LogP contribution in [0.1, 0.15) is 29.3 Å². The average molecular weight is 332 g/mol. The summed E-state index contributed by atoms with van der Waals surface area (Å²) in [4.78, 5) is 47.3. The Hall–Kier alpha value is -2.70. The number of imide groups is 1. The van der Waals surface area contributed by atoms with Crippen LogP contribution in [-0.4, -0.2) is 47.3 Å². The molecule has 128 valence electrons. The van der Waals surface area contributed by atoms with E-state index in [4.69, 9.17) is 5.11 Å². The third-order valence-electron chi connectivity index (χ3n) is 4.06. The molecule has 1 aliphatic rings. The Kier molecular flexibility index (Phi) is 5.33. The van der Waals surface area contributed by atoms with Crippen molar-refractivity contribution in [1.82, 2.24) is 10.2 Å². The fourth-order valence-electron chi connectivity index (χ4n) is 2.63. The van der Waals surface area contributed by atoms with Crippen molar-refractivity contribution in [2.45, 2.75) is 19.8 Å². The molecule has 7 nitrogen and oxygen atoms in total. The van der Waals surface area contributed by atoms with E-state index in [-0.39, 0.29) is 36.6 Å². The standard InChI is InChI=1S/C17H20N2O5/c1-10(17(23)24)9-19(2)16(22)12-5-3-11(4-6-12)7-13-8-14(20)18-15(13)21/h3-6,10,13H,7-9H2,1-2H3,(H,23,24)(H,18,20,21). The maximum Gasteiger partial charge on any atom is 0.308 e. The summed E-state index contributed by atoms with van der Waals surface area (Å²) in [6, 6.07) is 6.79. The normalized spacial score (nSPS) is 18.2. The van der Waals surface area contributed by atoms with Crippen LogP contribution in [0.3, 0.4) is 0 Å². The molecule has 1 aromatic rings. The molecule has 1 fully saturated rings. The highest BCUT2D eigenvalue weighted by molar-refractivity contribution is 6.03. The van der Waals surface area contributed by atoms with Crippen molar-refractivity contribution >= 4 is 23.7 Å². The SMILES string of the molecule is CC(CN(C)C(=O)c1ccc(CC2CC(=O)NC2=O)cc1)C(=O)O. The van der Waals surface area contributed by atoms with Gasteiger partial charge >= 0.3 is 5.97 Å². The summed E-state index contributed by atoms with van der Waals surface area (Å²) in [6.45, 7) is 1.67. The summed E-state index contributed by atoms with van der Waals surface area (Å²) < 4.78 is 0. The second-order valence-corrected chi connectivity index (χ2v) is 6.14. The Morgan fingerprint density at radius 3 is 2.42 bits per heavy atom. The van der Waals surface area contributed by atoms with Gasteiger partial charge in [0.1, 0.15) is 0 Å². The lowest BCUT2D eigenvalue weighted by atomic mass is 9.97. The van der Waals surface area contributed by atoms with Crippen molar-refractivity contribution in [3.63, 3.8) is 0 Å². The van der Waals surface area contributed by atoms with Crippen LogP contribution in [0.2, 0.25) is 0 Å². The molecule has 2 rings (SSSR count). The van der Waals surface area contributed by atoms with Gasteiger partial charge < -0.3 is 10.0 Å². The molecule has 0 aliphatic carbocycles. The molecule has 2 atom stereocenters. The molecule has 7 heteroatoms. The summed E-state index contributed by atoms with van der Waals surface area (Å²) in [5.41, 5.74) is 1.31. The minimum absolute atomic E-state index is 0.125. The van der Waals surface area contributed by atoms with Gasteiger partial charge in [-0.1, -0.05) is 19.1 Å². The molecule has 0 radical (unpaired) electrons. The van der Waals surface area contributed by atoms with Crippen LogP contribution in [0.4, 0.5) is 0 Å². The van der Waals surface area contributed by atoms with E-state index in [2.05, 4.69) is 5.32 Å². The number of hydrogen-bond acceptors (Lipinski definition) is 4. The first-order valence-corrected chi connectivity index (χ1v) is 7.69. The van der Waals surface area contributed by atoms with Crippen LogP contribution < -0.4 is 5.32 Å². The topological polar surface area (TPSA) is 104 Å². The molecule has 0 aromatic heterocycles. The van der Waals surface area contributed by atoms with Crippen LogP contribution >= 0.6 is 0 Å². The smallest absolute Gasteiger partial charge is 0.308 e. The highest BCUT2D eigenvalue weighted by atomic mass is 16.4. The predicted molar refractivity (Wildman–Crippen MR) is 85.2 cm³/mol. The fraction of sp³-hybridized carbons (Fsp3) is 0.412. The summed E-state index contributed by atoms with van der Waals surface area (Å²) >= 11 is 0. The molecule has 1 heterocycles. The lowest BCUT2D eigenvalue weighted by molar-refractivity contribution is -0.141. The number of carbonyl (C=O) groups excluding carboxylic acids is 3. The molecule has 0 spiro atoms. The zero-order valence-corrected chi connectivity index (χ0v) is 13.6. The van der Waals surface area contributed by atoms with Crippen molar-refractivity contribution in [2.24, 2.45) is 11.8 Å². The minimum atomic E-state index is -0.950. The molecular formula is C17H20N2O5. The lowest BCUT2D eigenvalue weighted by Crippen LogP contribution is -2.33. The van der Waals surface area contributed by atoms with Gasteiger partial charge in [0.2, 0.25) is 11.8 Å². The predicted octanol–water partition coefficient (Wildman–Crippen LogP) is 0.684. The Labute approximate surface area is 139 Å². The lowest BCUT2D eigenvalue weighted by Gasteiger charge is -2.19. The molecule has 1 aliphatic heterocycles. The van der Waals surface area contributed by atoms with E-state index in [0.29, 0.717) is 12.0 Å². The molecule has 2 unspecified atom stereocenters. The number of carboxylic acid groups (broad SMARTS) is 1. The van der Waals surface area contributed by atoms with Crippen molar-refractivity contribution in [2.75, 3.05) is 13.6 Å². The zero-order valence-electron chi connectivity index (χ0n) is 13.6. The molecule has 0 saturated carbocycles. The van der Waals surface area contributed by atoms with Gasteiger partial charge in [-0.15, -0.1) is 0 Å². The molecule has 1 aromatic carbocycles. The van der Waals surface area contributed by atoms with Crippen LogP contribution in [0.25, 0.3) is 0 Å². The van der Waals surface area contributed by atoms with E-state index >= 15 is 0 Å². The molecule has 24 heavy (non-hydrogen) atoms. The number of amides is 3. The van der Waals surface area contributed by atoms with E-state index in [1.54, 1.807) is 38.2 Å². The Morgan fingerprint density at radius 1 is 1.29 bits per heavy atom. The second-order valence-electron chi connectivity index (χ2n) is 6.14. The first-order chi connectivity index (χ1) is 11.3. The van der Waals surface area contributed by atoms with E-state index in [9.17, 15) is 19.2 Å². The van der Waals surface area contributed by atoms with E-state index < -0.39 is 11.9 Å². The van der Waals surface area contributed by atoms with Gasteiger partial charge in [0.25, 0.3) is 5.91 Å². The highest BCUT2D eigenvalue weighted by Crippen LogP contribution is 2.18. The van der Waals surface area contributed by atoms with Crippen LogP contribution in [0, 0.1) is 11.8 Å². The molecular weight excluding hydrogens is 312 g/mol. The van der Waals surface area contributed by atoms with E-state index in [0.717, 1.165) is 5.56 Å². The van der Waals surface area contributed by atoms with E-state index in [1.807, 2.05) is 0 Å². The largest absolute Gasteiger partial charge is 0.481 e. The van der Waals surface area contributed by atoms with Gasteiger partial charge in [-0.3, -0.25) is 24.5 Å². The Morgan fingerprint density at radius 2 is 1.92 bits per heavy atom. The minimum Gasteiger partial charge on any atom is -0.481 e. The van der Waals surface area contributed by atoms with Crippen LogP contribution in [0.15, 0.2) is 24.3 Å². The van der Waals surface area contributed by atoms with Gasteiger partial charge in [-0.2, -0.15) is 0 Å². The number of rotatable bonds is 6. The third kappa shape index (κ3) is 4.18. The Balaban J connectivity index is 1.98. The maximum atomic E-state index is 12.3. The number of nitrogens with one attached hydrogen (secondary N) is 1. The van der Waals surface area contributed by atoms with E-state index in [1.165, 1.54) is 4.90 Å². The van der Waals surface area contributed by atoms with Crippen molar-refractivity contribution in [3.05, 3.63) is 35.4 Å². The van der Waals surface area contributed by atoms with Crippen LogP contribution in [-0.2, 0) is 20.8 Å². The second kappa shape index (κ2) is 7.25. The number of aliphatic carboxylic acids is 1. The molecule has 3 amide bonds. The Bertz CT molecular complexity index is 668. The summed E-state index contributed by atoms with van der Waals surface area (Å²) in [5, 5.41) is 11.2. The fourth-order valence-corrected chi connectivity index (χ4v) is 2.63. The van der Waals surface area contributed by atoms with Gasteiger partial charge in [0, 0.05) is 25.6 Å². The van der Waals surface area contributed by atoms with Crippen molar-refractivity contribution < 1.29 is 24.3 Å². The van der Waals surface area contributed by atoms with Gasteiger partial charge in [-0.05, 0) is 24.1 Å². The average Bonchev–Trinajstić information content (AvgIpc) is 2.84. The van der Waals surface area contributed by atoms with Crippen molar-refractivity contribution in [1.29, 1.82) is 0 Å². The number of nitrogens with zero attached hydrogens (tertiary/aromatic N) is 1. The first kappa shape index (κ1) is 17.7. The molecule has 0 bridgehead atoms. The van der Waals surface area contributed by atoms with Crippen LogP contribution in [0.5, 0.6) is 0 Å². The highest BCUT2D eigenvalue weighted by Gasteiger charge is 2.30. The summed E-state index contributed by atoms with van der Waals surface area (Å²) in [5.74, 6) is -2.74. The maximum absolute atomic E-state index is 12.3. The number of benzene rings is 1. The van der Waals surface area contributed by atoms with Gasteiger partial charge in [0.05, 0.1) is 11.8 Å². The quantitative estimate of drug-likeness (QED) is 0.746. The number of carbonyl (C=O) groups is 4. The monoisotopic (exact) mass is 332 g/mol. The third-order valence-corrected chi connectivity index (χ3v) is 4.06. The summed E-state index contributed by atoms with van der Waals surface area (Å²) in [7, 11) is 1.56. The molecule has 2 N–H and O–H groups in total. The summed E-state index contributed by atoms with van der Waals surface area (Å²) in [6.07, 6.45) is 0.632. The molecule has 1 saturated heterocycles. The van der Waals surface area contributed by atoms with Gasteiger partial charge in [0.15, 0.2) is 0 Å². The zero-order chi connectivity index (χ0) is 17.9. The van der Waals surface area contributed by atoms with Gasteiger partial charge in [-0.25, -0.2) is 0 Å². The number of hydrogen-bond donors (Lipinski definition) is 2. The number of carboxylic acids is 1. The van der Waals surface area contributed by atoms with Crippen molar-refractivity contribution in [3.8, 4) is 0 Å². The first-order valence-electron chi connectivity index (χ1n) is 7.69.